The van der Waals surface area contributed by atoms with Gasteiger partial charge in [-0.1, -0.05) is 43.0 Å². The van der Waals surface area contributed by atoms with Crippen LogP contribution in [0.3, 0.4) is 0 Å². The number of guanidine groups is 1. The molecule has 82 valence electrons. The molecule has 1 aromatic rings. The number of amides is 1. The van der Waals surface area contributed by atoms with Crippen LogP contribution in [0.5, 0.6) is 0 Å². The molecule has 0 bridgehead atoms. The van der Waals surface area contributed by atoms with Gasteiger partial charge in [0.25, 0.3) is 5.91 Å². The standard InChI is InChI=1S/C12H13N3O/c1-2-9(8-11(16)15-12(13)14)10-6-4-3-5-7-10/h2-8H,1H2,(H4,13,14,15,16)/b9-8-. The van der Waals surface area contributed by atoms with Crippen LogP contribution in [-0.2, 0) is 4.79 Å². The predicted octanol–water partition coefficient (Wildman–Crippen LogP) is 1.06. The van der Waals surface area contributed by atoms with Crippen LogP contribution in [0.1, 0.15) is 5.56 Å². The largest absolute Gasteiger partial charge is 0.370 e. The first-order chi connectivity index (χ1) is 7.63. The van der Waals surface area contributed by atoms with Gasteiger partial charge in [0.05, 0.1) is 0 Å². The molecule has 4 nitrogen and oxygen atoms in total. The first-order valence-corrected chi connectivity index (χ1v) is 4.66. The number of hydrogen-bond acceptors (Lipinski definition) is 1. The number of benzene rings is 1. The fourth-order valence-corrected chi connectivity index (χ4v) is 1.18. The molecule has 16 heavy (non-hydrogen) atoms. The SMILES string of the molecule is C=C/C(=C/C(=O)N=C(N)N)c1ccccc1. The molecule has 0 saturated carbocycles. The molecule has 0 saturated heterocycles. The van der Waals surface area contributed by atoms with Crippen molar-refractivity contribution in [2.45, 2.75) is 0 Å². The van der Waals surface area contributed by atoms with Crippen LogP contribution in [0.4, 0.5) is 0 Å². The van der Waals surface area contributed by atoms with E-state index in [4.69, 9.17) is 11.5 Å². The van der Waals surface area contributed by atoms with Gasteiger partial charge in [0.1, 0.15) is 0 Å². The van der Waals surface area contributed by atoms with Crippen LogP contribution >= 0.6 is 0 Å². The molecule has 4 N–H and O–H groups in total. The van der Waals surface area contributed by atoms with E-state index < -0.39 is 5.91 Å². The maximum absolute atomic E-state index is 11.3. The topological polar surface area (TPSA) is 81.5 Å². The summed E-state index contributed by atoms with van der Waals surface area (Å²) in [6.07, 6.45) is 2.91. The Bertz CT molecular complexity index is 443. The van der Waals surface area contributed by atoms with Gasteiger partial charge in [0.15, 0.2) is 5.96 Å². The molecular weight excluding hydrogens is 202 g/mol. The van der Waals surface area contributed by atoms with Gasteiger partial charge in [-0.2, -0.15) is 4.99 Å². The highest BCUT2D eigenvalue weighted by atomic mass is 16.1. The van der Waals surface area contributed by atoms with Gasteiger partial charge in [0.2, 0.25) is 0 Å². The van der Waals surface area contributed by atoms with E-state index in [2.05, 4.69) is 11.6 Å². The van der Waals surface area contributed by atoms with Crippen molar-refractivity contribution in [2.24, 2.45) is 16.5 Å². The van der Waals surface area contributed by atoms with Crippen molar-refractivity contribution in [1.82, 2.24) is 0 Å². The summed E-state index contributed by atoms with van der Waals surface area (Å²) in [4.78, 5) is 14.7. The predicted molar refractivity (Wildman–Crippen MR) is 65.4 cm³/mol. The molecule has 0 aliphatic rings. The lowest BCUT2D eigenvalue weighted by molar-refractivity contribution is -0.113. The van der Waals surface area contributed by atoms with Crippen LogP contribution in [0.25, 0.3) is 5.57 Å². The third-order valence-corrected chi connectivity index (χ3v) is 1.85. The highest BCUT2D eigenvalue weighted by Crippen LogP contribution is 2.14. The fourth-order valence-electron chi connectivity index (χ4n) is 1.18. The van der Waals surface area contributed by atoms with Crippen molar-refractivity contribution < 1.29 is 4.79 Å². The maximum Gasteiger partial charge on any atom is 0.273 e. The van der Waals surface area contributed by atoms with Gasteiger partial charge in [-0.25, -0.2) is 0 Å². The minimum absolute atomic E-state index is 0.252. The third kappa shape index (κ3) is 3.42. The zero-order valence-electron chi connectivity index (χ0n) is 8.76. The minimum Gasteiger partial charge on any atom is -0.370 e. The van der Waals surface area contributed by atoms with E-state index in [0.717, 1.165) is 5.56 Å². The number of aliphatic imine (C=N–C) groups is 1. The summed E-state index contributed by atoms with van der Waals surface area (Å²) in [7, 11) is 0. The third-order valence-electron chi connectivity index (χ3n) is 1.85. The summed E-state index contributed by atoms with van der Waals surface area (Å²) in [5.41, 5.74) is 11.8. The quantitative estimate of drug-likeness (QED) is 0.342. The Labute approximate surface area is 94.0 Å². The van der Waals surface area contributed by atoms with Gasteiger partial charge in [-0.3, -0.25) is 4.79 Å². The normalized spacial score (nSPS) is 10.6. The Kier molecular flexibility index (Phi) is 4.03. The fraction of sp³-hybridized carbons (Fsp3) is 0. The van der Waals surface area contributed by atoms with E-state index in [-0.39, 0.29) is 5.96 Å². The molecular formula is C12H13N3O. The van der Waals surface area contributed by atoms with Crippen LogP contribution in [0.2, 0.25) is 0 Å². The van der Waals surface area contributed by atoms with Crippen molar-refractivity contribution >= 4 is 17.4 Å². The molecule has 1 amide bonds. The molecule has 4 heteroatoms. The molecule has 0 heterocycles. The van der Waals surface area contributed by atoms with Crippen molar-refractivity contribution in [3.05, 3.63) is 54.6 Å². The molecule has 0 aliphatic heterocycles. The molecule has 0 aliphatic carbocycles. The van der Waals surface area contributed by atoms with Crippen LogP contribution in [0.15, 0.2) is 54.1 Å². The Hall–Kier alpha value is -2.36. The average Bonchev–Trinajstić information content (AvgIpc) is 2.26. The number of carbonyl (C=O) groups excluding carboxylic acids is 1. The van der Waals surface area contributed by atoms with E-state index in [1.807, 2.05) is 30.3 Å². The van der Waals surface area contributed by atoms with Crippen molar-refractivity contribution in [3.63, 3.8) is 0 Å². The second kappa shape index (κ2) is 5.50. The zero-order valence-corrected chi connectivity index (χ0v) is 8.76. The lowest BCUT2D eigenvalue weighted by Gasteiger charge is -2.00. The van der Waals surface area contributed by atoms with E-state index in [1.165, 1.54) is 6.08 Å². The Morgan fingerprint density at radius 1 is 1.25 bits per heavy atom. The number of hydrogen-bond donors (Lipinski definition) is 2. The maximum atomic E-state index is 11.3. The smallest absolute Gasteiger partial charge is 0.273 e. The van der Waals surface area contributed by atoms with Gasteiger partial charge in [-0.15, -0.1) is 0 Å². The molecule has 0 fully saturated rings. The second-order valence-electron chi connectivity index (χ2n) is 3.04. The molecule has 0 radical (unpaired) electrons. The summed E-state index contributed by atoms with van der Waals surface area (Å²) in [5.74, 6) is -0.753. The van der Waals surface area contributed by atoms with Crippen LogP contribution in [-0.4, -0.2) is 11.9 Å². The summed E-state index contributed by atoms with van der Waals surface area (Å²) >= 11 is 0. The van der Waals surface area contributed by atoms with E-state index in [1.54, 1.807) is 6.08 Å². The Morgan fingerprint density at radius 2 is 1.88 bits per heavy atom. The summed E-state index contributed by atoms with van der Waals surface area (Å²) in [6, 6.07) is 9.38. The number of nitrogens with zero attached hydrogens (tertiary/aromatic N) is 1. The van der Waals surface area contributed by atoms with E-state index in [0.29, 0.717) is 5.57 Å². The summed E-state index contributed by atoms with van der Waals surface area (Å²) in [6.45, 7) is 3.64. The first kappa shape index (κ1) is 11.7. The Morgan fingerprint density at radius 3 is 2.38 bits per heavy atom. The van der Waals surface area contributed by atoms with Crippen molar-refractivity contribution in [1.29, 1.82) is 0 Å². The second-order valence-corrected chi connectivity index (χ2v) is 3.04. The lowest BCUT2D eigenvalue weighted by Crippen LogP contribution is -2.23. The van der Waals surface area contributed by atoms with Gasteiger partial charge in [0, 0.05) is 6.08 Å². The van der Waals surface area contributed by atoms with Gasteiger partial charge < -0.3 is 11.5 Å². The number of carbonyl (C=O) groups is 1. The van der Waals surface area contributed by atoms with Crippen molar-refractivity contribution in [3.8, 4) is 0 Å². The molecule has 0 atom stereocenters. The molecule has 0 aromatic heterocycles. The summed E-state index contributed by atoms with van der Waals surface area (Å²) < 4.78 is 0. The molecule has 1 aromatic carbocycles. The average molecular weight is 215 g/mol. The molecule has 1 rings (SSSR count). The highest BCUT2D eigenvalue weighted by Gasteiger charge is 2.00. The lowest BCUT2D eigenvalue weighted by atomic mass is 10.1. The van der Waals surface area contributed by atoms with Crippen LogP contribution in [0, 0.1) is 0 Å². The molecule has 0 unspecified atom stereocenters. The number of allylic oxidation sites excluding steroid dienone is 2. The van der Waals surface area contributed by atoms with E-state index in [9.17, 15) is 4.79 Å². The van der Waals surface area contributed by atoms with Crippen molar-refractivity contribution in [2.75, 3.05) is 0 Å². The first-order valence-electron chi connectivity index (χ1n) is 4.66. The minimum atomic E-state index is -0.501. The number of nitrogens with two attached hydrogens (primary N) is 2. The van der Waals surface area contributed by atoms with Gasteiger partial charge >= 0.3 is 0 Å². The summed E-state index contributed by atoms with van der Waals surface area (Å²) in [5, 5.41) is 0. The zero-order chi connectivity index (χ0) is 12.0. The van der Waals surface area contributed by atoms with Crippen LogP contribution < -0.4 is 11.5 Å². The Balaban J connectivity index is 3.00. The highest BCUT2D eigenvalue weighted by molar-refractivity contribution is 6.03. The number of rotatable bonds is 3. The van der Waals surface area contributed by atoms with E-state index >= 15 is 0 Å². The molecule has 0 spiro atoms. The monoisotopic (exact) mass is 215 g/mol. The van der Waals surface area contributed by atoms with Gasteiger partial charge in [-0.05, 0) is 11.1 Å².